The van der Waals surface area contributed by atoms with Crippen LogP contribution in [0.4, 0.5) is 0 Å². The molecule has 4 heterocycles. The van der Waals surface area contributed by atoms with E-state index in [1.165, 1.54) is 0 Å². The van der Waals surface area contributed by atoms with Gasteiger partial charge in [0, 0.05) is 43.8 Å². The topological polar surface area (TPSA) is 178 Å². The number of carbonyl (C=O) groups is 4. The molecule has 5 N–H and O–H groups in total. The SMILES string of the molecule is COc1ccc(-c2[nH]ncc2CN2CC(=O)N[C@@H](Cc3ccccc3)C(=O)N3CCC[C@@H]3C(=O)N[C@H](CC(C)C)C(=O)N[C@H]3CCO[C@H](C2)[C@H]3O)cc1. The van der Waals surface area contributed by atoms with Crippen LogP contribution in [0, 0.1) is 5.92 Å². The summed E-state index contributed by atoms with van der Waals surface area (Å²) in [4.78, 5) is 59.4. The van der Waals surface area contributed by atoms with Crippen LogP contribution in [0.1, 0.15) is 50.7 Å². The van der Waals surface area contributed by atoms with E-state index < -0.39 is 54.1 Å². The lowest BCUT2D eigenvalue weighted by molar-refractivity contribution is -0.142. The predicted octanol–water partition coefficient (Wildman–Crippen LogP) is 1.78. The molecule has 2 bridgehead atoms. The van der Waals surface area contributed by atoms with Gasteiger partial charge < -0.3 is 35.4 Å². The summed E-state index contributed by atoms with van der Waals surface area (Å²) >= 11 is 0. The van der Waals surface area contributed by atoms with Crippen molar-refractivity contribution in [3.63, 3.8) is 0 Å². The van der Waals surface area contributed by atoms with E-state index in [0.717, 1.165) is 22.4 Å². The van der Waals surface area contributed by atoms with E-state index in [1.54, 1.807) is 18.2 Å². The van der Waals surface area contributed by atoms with Gasteiger partial charge in [-0.15, -0.1) is 0 Å². The van der Waals surface area contributed by atoms with E-state index in [4.69, 9.17) is 9.47 Å². The van der Waals surface area contributed by atoms with Gasteiger partial charge in [-0.1, -0.05) is 44.2 Å². The number of aromatic nitrogens is 2. The van der Waals surface area contributed by atoms with Gasteiger partial charge in [0.25, 0.3) is 0 Å². The summed E-state index contributed by atoms with van der Waals surface area (Å²) in [6, 6.07) is 13.7. The fraction of sp³-hybridized carbons (Fsp3) is 0.513. The van der Waals surface area contributed by atoms with Crippen molar-refractivity contribution in [1.29, 1.82) is 0 Å². The predicted molar refractivity (Wildman–Crippen MR) is 196 cm³/mol. The summed E-state index contributed by atoms with van der Waals surface area (Å²) in [5.74, 6) is -0.759. The number of ether oxygens (including phenoxy) is 2. The summed E-state index contributed by atoms with van der Waals surface area (Å²) in [5, 5.41) is 27.9. The summed E-state index contributed by atoms with van der Waals surface area (Å²) in [5.41, 5.74) is 3.30. The molecule has 6 rings (SSSR count). The Morgan fingerprint density at radius 3 is 2.47 bits per heavy atom. The third-order valence-electron chi connectivity index (χ3n) is 10.3. The van der Waals surface area contributed by atoms with Crippen LogP contribution in [0.25, 0.3) is 11.3 Å². The van der Waals surface area contributed by atoms with Crippen LogP contribution in [0.5, 0.6) is 5.75 Å². The lowest BCUT2D eigenvalue weighted by Gasteiger charge is -2.38. The molecule has 0 aliphatic carbocycles. The minimum Gasteiger partial charge on any atom is -0.497 e. The second kappa shape index (κ2) is 17.4. The van der Waals surface area contributed by atoms with E-state index in [-0.39, 0.29) is 44.5 Å². The number of fused-ring (bicyclic) bond motifs is 3. The van der Waals surface area contributed by atoms with E-state index in [1.807, 2.05) is 73.3 Å². The molecule has 0 radical (unpaired) electrons. The lowest BCUT2D eigenvalue weighted by Crippen LogP contribution is -2.60. The number of amides is 4. The molecule has 0 unspecified atom stereocenters. The number of hydrogen-bond acceptors (Lipinski definition) is 9. The standard InChI is InChI=1S/C39H51N7O7/c1-24(2)18-30-37(49)42-29-15-17-53-33(36(29)48)22-45(21-27-20-40-44-35(27)26-11-13-28(52-3)14-12-26)23-34(47)41-31(19-25-8-5-4-6-9-25)39(51)46-16-7-10-32(46)38(50)43-30/h4-6,8-9,11-14,20,24,29-33,36,48H,7,10,15-19,21-23H2,1-3H3,(H,40,44)(H,41,47)(H,42,49)(H,43,50)/t29-,30+,31-,32+,33+,36-/m0/s1. The van der Waals surface area contributed by atoms with Gasteiger partial charge in [-0.25, -0.2) is 0 Å². The third-order valence-corrected chi connectivity index (χ3v) is 10.3. The molecular weight excluding hydrogens is 678 g/mol. The fourth-order valence-electron chi connectivity index (χ4n) is 7.56. The van der Waals surface area contributed by atoms with Gasteiger partial charge in [-0.2, -0.15) is 5.10 Å². The number of aliphatic hydroxyl groups excluding tert-OH is 1. The zero-order chi connectivity index (χ0) is 37.5. The molecule has 6 atom stereocenters. The summed E-state index contributed by atoms with van der Waals surface area (Å²) in [7, 11) is 1.60. The minimum atomic E-state index is -1.09. The molecule has 14 nitrogen and oxygen atoms in total. The zero-order valence-electron chi connectivity index (χ0n) is 30.6. The van der Waals surface area contributed by atoms with E-state index >= 15 is 0 Å². The van der Waals surface area contributed by atoms with Gasteiger partial charge >= 0.3 is 0 Å². The maximum absolute atomic E-state index is 14.3. The molecule has 4 amide bonds. The number of aliphatic hydroxyl groups is 1. The first kappa shape index (κ1) is 38.0. The van der Waals surface area contributed by atoms with Crippen molar-refractivity contribution in [1.82, 2.24) is 35.9 Å². The Bertz CT molecular complexity index is 1720. The first-order valence-corrected chi connectivity index (χ1v) is 18.5. The Hall–Kier alpha value is -4.79. The highest BCUT2D eigenvalue weighted by atomic mass is 16.5. The molecule has 53 heavy (non-hydrogen) atoms. The highest BCUT2D eigenvalue weighted by Crippen LogP contribution is 2.26. The quantitative estimate of drug-likeness (QED) is 0.231. The van der Waals surface area contributed by atoms with Gasteiger partial charge in [-0.3, -0.25) is 29.2 Å². The lowest BCUT2D eigenvalue weighted by atomic mass is 9.97. The molecule has 284 valence electrons. The van der Waals surface area contributed by atoms with Crippen molar-refractivity contribution in [3.8, 4) is 17.0 Å². The molecule has 1 aromatic heterocycles. The van der Waals surface area contributed by atoms with E-state index in [2.05, 4.69) is 26.1 Å². The highest BCUT2D eigenvalue weighted by molar-refractivity contribution is 5.95. The van der Waals surface area contributed by atoms with Crippen molar-refractivity contribution in [2.24, 2.45) is 5.92 Å². The number of nitrogens with zero attached hydrogens (tertiary/aromatic N) is 3. The van der Waals surface area contributed by atoms with Crippen LogP contribution >= 0.6 is 0 Å². The van der Waals surface area contributed by atoms with Gasteiger partial charge in [0.1, 0.15) is 30.0 Å². The molecule has 2 aromatic carbocycles. The average Bonchev–Trinajstić information content (AvgIpc) is 3.83. The van der Waals surface area contributed by atoms with Gasteiger partial charge in [-0.05, 0) is 61.4 Å². The number of nitrogens with one attached hydrogen (secondary N) is 4. The van der Waals surface area contributed by atoms with Crippen LogP contribution in [0.3, 0.4) is 0 Å². The Morgan fingerprint density at radius 1 is 0.962 bits per heavy atom. The van der Waals surface area contributed by atoms with Crippen molar-refractivity contribution < 1.29 is 33.8 Å². The molecule has 0 spiro atoms. The van der Waals surface area contributed by atoms with Crippen molar-refractivity contribution in [2.75, 3.05) is 33.4 Å². The highest BCUT2D eigenvalue weighted by Gasteiger charge is 2.41. The van der Waals surface area contributed by atoms with Crippen LogP contribution < -0.4 is 20.7 Å². The van der Waals surface area contributed by atoms with E-state index in [9.17, 15) is 24.3 Å². The normalized spacial score (nSPS) is 26.4. The Morgan fingerprint density at radius 2 is 1.74 bits per heavy atom. The summed E-state index contributed by atoms with van der Waals surface area (Å²) in [6.07, 6.45) is 1.90. The average molecular weight is 730 g/mol. The number of aromatic amines is 1. The monoisotopic (exact) mass is 729 g/mol. The van der Waals surface area contributed by atoms with Crippen molar-refractivity contribution in [3.05, 3.63) is 71.9 Å². The number of methoxy groups -OCH3 is 1. The summed E-state index contributed by atoms with van der Waals surface area (Å²) in [6.45, 7) is 4.85. The Kier molecular flexibility index (Phi) is 12.4. The molecule has 3 aliphatic heterocycles. The largest absolute Gasteiger partial charge is 0.497 e. The molecule has 3 aliphatic rings. The maximum atomic E-state index is 14.3. The number of carbonyl (C=O) groups excluding carboxylic acids is 4. The second-order valence-electron chi connectivity index (χ2n) is 14.7. The van der Waals surface area contributed by atoms with Crippen molar-refractivity contribution in [2.45, 2.75) is 88.9 Å². The fourth-order valence-corrected chi connectivity index (χ4v) is 7.56. The van der Waals surface area contributed by atoms with Crippen LogP contribution in [0.2, 0.25) is 0 Å². The second-order valence-corrected chi connectivity index (χ2v) is 14.7. The van der Waals surface area contributed by atoms with E-state index in [0.29, 0.717) is 38.0 Å². The van der Waals surface area contributed by atoms with Crippen molar-refractivity contribution >= 4 is 23.6 Å². The number of benzene rings is 2. The van der Waals surface area contributed by atoms with Gasteiger partial charge in [0.2, 0.25) is 23.6 Å². The number of H-pyrrole nitrogens is 1. The Labute approximate surface area is 310 Å². The first-order valence-electron chi connectivity index (χ1n) is 18.5. The maximum Gasteiger partial charge on any atom is 0.246 e. The number of hydrogen-bond donors (Lipinski definition) is 5. The molecule has 3 saturated heterocycles. The van der Waals surface area contributed by atoms with Crippen LogP contribution in [-0.4, -0.2) is 118 Å². The van der Waals surface area contributed by atoms with Gasteiger partial charge in [0.15, 0.2) is 0 Å². The number of rotatable bonds is 8. The summed E-state index contributed by atoms with van der Waals surface area (Å²) < 4.78 is 11.4. The third kappa shape index (κ3) is 9.42. The zero-order valence-corrected chi connectivity index (χ0v) is 30.6. The minimum absolute atomic E-state index is 0.0820. The smallest absolute Gasteiger partial charge is 0.246 e. The van der Waals surface area contributed by atoms with Crippen LogP contribution in [0.15, 0.2) is 60.8 Å². The first-order chi connectivity index (χ1) is 25.6. The van der Waals surface area contributed by atoms with Gasteiger partial charge in [0.05, 0.1) is 37.7 Å². The van der Waals surface area contributed by atoms with Crippen LogP contribution in [-0.2, 0) is 36.9 Å². The molecule has 14 heteroatoms. The molecule has 3 fully saturated rings. The molecular formula is C39H51N7O7. The Balaban J connectivity index is 1.33. The molecule has 0 saturated carbocycles. The molecule has 3 aromatic rings.